The van der Waals surface area contributed by atoms with E-state index < -0.39 is 0 Å². The molecule has 2 rings (SSSR count). The van der Waals surface area contributed by atoms with E-state index in [0.29, 0.717) is 0 Å². The summed E-state index contributed by atoms with van der Waals surface area (Å²) in [5.41, 5.74) is 6.37. The van der Waals surface area contributed by atoms with Gasteiger partial charge in [-0.15, -0.1) is 0 Å². The summed E-state index contributed by atoms with van der Waals surface area (Å²) in [7, 11) is 2.00. The predicted octanol–water partition coefficient (Wildman–Crippen LogP) is 3.51. The fourth-order valence-corrected chi connectivity index (χ4v) is 2.53. The summed E-state index contributed by atoms with van der Waals surface area (Å²) >= 11 is 0. The molecule has 1 N–H and O–H groups in total. The summed E-state index contributed by atoms with van der Waals surface area (Å²) in [6, 6.07) is 11.2. The zero-order valence-electron chi connectivity index (χ0n) is 12.2. The molecule has 1 atom stereocenters. The number of nitrogens with one attached hydrogen (secondary N) is 1. The van der Waals surface area contributed by atoms with Gasteiger partial charge in [0.1, 0.15) is 0 Å². The first-order valence-electron chi connectivity index (χ1n) is 6.75. The molecule has 19 heavy (non-hydrogen) atoms. The third-order valence-corrected chi connectivity index (χ3v) is 3.36. The second-order valence-corrected chi connectivity index (χ2v) is 5.30. The van der Waals surface area contributed by atoms with Crippen LogP contribution < -0.4 is 5.32 Å². The van der Waals surface area contributed by atoms with Crippen LogP contribution >= 0.6 is 0 Å². The largest absolute Gasteiger partial charge is 0.311 e. The number of pyridine rings is 1. The van der Waals surface area contributed by atoms with Crippen LogP contribution in [0.1, 0.15) is 34.0 Å². The number of aromatic nitrogens is 1. The van der Waals surface area contributed by atoms with Crippen molar-refractivity contribution in [2.45, 2.75) is 33.2 Å². The van der Waals surface area contributed by atoms with E-state index in [1.54, 1.807) is 0 Å². The van der Waals surface area contributed by atoms with Crippen molar-refractivity contribution < 1.29 is 0 Å². The Morgan fingerprint density at radius 2 is 1.68 bits per heavy atom. The van der Waals surface area contributed by atoms with Crippen molar-refractivity contribution in [1.82, 2.24) is 10.3 Å². The van der Waals surface area contributed by atoms with Crippen LogP contribution in [0.3, 0.4) is 0 Å². The SMILES string of the molecule is CNC(Cc1cc(C)cc(C)c1)c1cc(C)ccn1. The molecule has 0 saturated heterocycles. The van der Waals surface area contributed by atoms with Gasteiger partial charge in [-0.1, -0.05) is 29.3 Å². The number of rotatable bonds is 4. The lowest BCUT2D eigenvalue weighted by Gasteiger charge is -2.17. The van der Waals surface area contributed by atoms with Gasteiger partial charge in [0.15, 0.2) is 0 Å². The molecule has 1 heterocycles. The van der Waals surface area contributed by atoms with E-state index >= 15 is 0 Å². The Morgan fingerprint density at radius 1 is 1.00 bits per heavy atom. The third-order valence-electron chi connectivity index (χ3n) is 3.36. The molecule has 100 valence electrons. The van der Waals surface area contributed by atoms with Crippen LogP contribution in [-0.4, -0.2) is 12.0 Å². The molecule has 0 saturated carbocycles. The Labute approximate surface area is 115 Å². The number of likely N-dealkylation sites (N-methyl/N-ethyl adjacent to an activating group) is 1. The highest BCUT2D eigenvalue weighted by Gasteiger charge is 2.12. The van der Waals surface area contributed by atoms with Gasteiger partial charge < -0.3 is 5.32 Å². The number of benzene rings is 1. The maximum absolute atomic E-state index is 4.49. The van der Waals surface area contributed by atoms with Crippen LogP contribution in [0.4, 0.5) is 0 Å². The smallest absolute Gasteiger partial charge is 0.0579 e. The van der Waals surface area contributed by atoms with Gasteiger partial charge >= 0.3 is 0 Å². The molecule has 0 bridgehead atoms. The van der Waals surface area contributed by atoms with E-state index in [4.69, 9.17) is 0 Å². The van der Waals surface area contributed by atoms with Crippen molar-refractivity contribution in [3.05, 3.63) is 64.5 Å². The summed E-state index contributed by atoms with van der Waals surface area (Å²) in [6.07, 6.45) is 2.85. The molecule has 2 heteroatoms. The zero-order chi connectivity index (χ0) is 13.8. The molecule has 0 aliphatic rings. The normalized spacial score (nSPS) is 12.4. The van der Waals surface area contributed by atoms with Crippen LogP contribution in [0.15, 0.2) is 36.5 Å². The molecule has 0 radical (unpaired) electrons. The predicted molar refractivity (Wildman–Crippen MR) is 80.4 cm³/mol. The van der Waals surface area contributed by atoms with E-state index in [9.17, 15) is 0 Å². The standard InChI is InChI=1S/C17H22N2/c1-12-5-6-19-17(10-12)16(18-4)11-15-8-13(2)7-14(3)9-15/h5-10,16,18H,11H2,1-4H3. The summed E-state index contributed by atoms with van der Waals surface area (Å²) in [6.45, 7) is 6.40. The molecule has 0 aliphatic heterocycles. The average Bonchev–Trinajstić information content (AvgIpc) is 2.34. The van der Waals surface area contributed by atoms with Crippen LogP contribution in [0, 0.1) is 20.8 Å². The molecular weight excluding hydrogens is 232 g/mol. The van der Waals surface area contributed by atoms with Crippen molar-refractivity contribution in [3.63, 3.8) is 0 Å². The van der Waals surface area contributed by atoms with Crippen LogP contribution in [0.5, 0.6) is 0 Å². The number of hydrogen-bond acceptors (Lipinski definition) is 2. The van der Waals surface area contributed by atoms with Gasteiger partial charge in [-0.3, -0.25) is 4.98 Å². The fourth-order valence-electron chi connectivity index (χ4n) is 2.53. The minimum absolute atomic E-state index is 0.265. The lowest BCUT2D eigenvalue weighted by Crippen LogP contribution is -2.20. The van der Waals surface area contributed by atoms with E-state index in [2.05, 4.69) is 55.3 Å². The lowest BCUT2D eigenvalue weighted by atomic mass is 9.99. The first-order chi connectivity index (χ1) is 9.08. The highest BCUT2D eigenvalue weighted by Crippen LogP contribution is 2.19. The van der Waals surface area contributed by atoms with Gasteiger partial charge in [-0.25, -0.2) is 0 Å². The Balaban J connectivity index is 2.23. The maximum atomic E-state index is 4.49. The van der Waals surface area contributed by atoms with E-state index in [-0.39, 0.29) is 6.04 Å². The molecule has 2 aromatic rings. The van der Waals surface area contributed by atoms with E-state index in [1.807, 2.05) is 19.3 Å². The first kappa shape index (κ1) is 13.8. The van der Waals surface area contributed by atoms with Gasteiger partial charge in [0.05, 0.1) is 11.7 Å². The van der Waals surface area contributed by atoms with Crippen LogP contribution in [0.25, 0.3) is 0 Å². The molecule has 0 amide bonds. The third kappa shape index (κ3) is 3.65. The van der Waals surface area contributed by atoms with Gasteiger partial charge in [0.2, 0.25) is 0 Å². The molecular formula is C17H22N2. The van der Waals surface area contributed by atoms with E-state index in [1.165, 1.54) is 22.3 Å². The van der Waals surface area contributed by atoms with Crippen LogP contribution in [0.2, 0.25) is 0 Å². The number of hydrogen-bond donors (Lipinski definition) is 1. The van der Waals surface area contributed by atoms with Gasteiger partial charge in [0.25, 0.3) is 0 Å². The fraction of sp³-hybridized carbons (Fsp3) is 0.353. The molecule has 1 aromatic carbocycles. The van der Waals surface area contributed by atoms with Crippen molar-refractivity contribution in [3.8, 4) is 0 Å². The lowest BCUT2D eigenvalue weighted by molar-refractivity contribution is 0.575. The van der Waals surface area contributed by atoms with Crippen molar-refractivity contribution in [2.24, 2.45) is 0 Å². The Bertz CT molecular complexity index is 541. The van der Waals surface area contributed by atoms with Crippen molar-refractivity contribution >= 4 is 0 Å². The maximum Gasteiger partial charge on any atom is 0.0579 e. The average molecular weight is 254 g/mol. The molecule has 0 spiro atoms. The van der Waals surface area contributed by atoms with Crippen molar-refractivity contribution in [1.29, 1.82) is 0 Å². The Kier molecular flexibility index (Phi) is 4.33. The van der Waals surface area contributed by atoms with Gasteiger partial charge in [-0.05, 0) is 57.5 Å². The molecule has 0 fully saturated rings. The summed E-state index contributed by atoms with van der Waals surface area (Å²) < 4.78 is 0. The Morgan fingerprint density at radius 3 is 2.26 bits per heavy atom. The highest BCUT2D eigenvalue weighted by molar-refractivity contribution is 5.30. The topological polar surface area (TPSA) is 24.9 Å². The Hall–Kier alpha value is -1.67. The highest BCUT2D eigenvalue weighted by atomic mass is 14.9. The summed E-state index contributed by atoms with van der Waals surface area (Å²) in [5.74, 6) is 0. The molecule has 1 unspecified atom stereocenters. The van der Waals surface area contributed by atoms with Gasteiger partial charge in [-0.2, -0.15) is 0 Å². The first-order valence-corrected chi connectivity index (χ1v) is 6.75. The molecule has 0 aliphatic carbocycles. The number of aryl methyl sites for hydroxylation is 3. The quantitative estimate of drug-likeness (QED) is 0.903. The summed E-state index contributed by atoms with van der Waals surface area (Å²) in [5, 5.41) is 3.37. The van der Waals surface area contributed by atoms with Crippen molar-refractivity contribution in [2.75, 3.05) is 7.05 Å². The van der Waals surface area contributed by atoms with Gasteiger partial charge in [0, 0.05) is 6.20 Å². The minimum Gasteiger partial charge on any atom is -0.311 e. The molecule has 2 nitrogen and oxygen atoms in total. The summed E-state index contributed by atoms with van der Waals surface area (Å²) in [4.78, 5) is 4.49. The number of nitrogens with zero attached hydrogens (tertiary/aromatic N) is 1. The van der Waals surface area contributed by atoms with Crippen LogP contribution in [-0.2, 0) is 6.42 Å². The second kappa shape index (κ2) is 5.98. The second-order valence-electron chi connectivity index (χ2n) is 5.30. The molecule has 1 aromatic heterocycles. The minimum atomic E-state index is 0.265. The van der Waals surface area contributed by atoms with E-state index in [0.717, 1.165) is 12.1 Å². The monoisotopic (exact) mass is 254 g/mol. The zero-order valence-corrected chi connectivity index (χ0v) is 12.2.